The molecular formula is C15H19N3O2. The SMILES string of the molecule is CCN1CCCC1Cc1cn2cccc(C(=O)O)c2n1. The van der Waals surface area contributed by atoms with Gasteiger partial charge in [-0.05, 0) is 38.1 Å². The Bertz CT molecular complexity index is 635. The van der Waals surface area contributed by atoms with Gasteiger partial charge in [-0.3, -0.25) is 0 Å². The smallest absolute Gasteiger partial charge is 0.339 e. The highest BCUT2D eigenvalue weighted by Gasteiger charge is 2.24. The average molecular weight is 273 g/mol. The van der Waals surface area contributed by atoms with Crippen LogP contribution in [0.2, 0.25) is 0 Å². The van der Waals surface area contributed by atoms with Crippen LogP contribution in [0.5, 0.6) is 0 Å². The topological polar surface area (TPSA) is 57.8 Å². The molecule has 2 aromatic heterocycles. The van der Waals surface area contributed by atoms with Crippen molar-refractivity contribution in [2.45, 2.75) is 32.2 Å². The van der Waals surface area contributed by atoms with Gasteiger partial charge in [0.05, 0.1) is 5.69 Å². The molecule has 106 valence electrons. The molecule has 5 heteroatoms. The maximum absolute atomic E-state index is 11.2. The van der Waals surface area contributed by atoms with E-state index in [9.17, 15) is 9.90 Å². The van der Waals surface area contributed by atoms with Crippen molar-refractivity contribution in [3.05, 3.63) is 35.8 Å². The Morgan fingerprint density at radius 2 is 2.40 bits per heavy atom. The highest BCUT2D eigenvalue weighted by molar-refractivity contribution is 5.94. The highest BCUT2D eigenvalue weighted by atomic mass is 16.4. The van der Waals surface area contributed by atoms with Crippen LogP contribution >= 0.6 is 0 Å². The minimum Gasteiger partial charge on any atom is -0.478 e. The summed E-state index contributed by atoms with van der Waals surface area (Å²) in [4.78, 5) is 18.2. The van der Waals surface area contributed by atoms with Gasteiger partial charge in [0.1, 0.15) is 5.56 Å². The number of fused-ring (bicyclic) bond motifs is 1. The molecule has 0 radical (unpaired) electrons. The molecule has 1 N–H and O–H groups in total. The molecule has 0 aliphatic carbocycles. The maximum Gasteiger partial charge on any atom is 0.339 e. The van der Waals surface area contributed by atoms with Gasteiger partial charge in [0.25, 0.3) is 0 Å². The third kappa shape index (κ3) is 2.29. The van der Waals surface area contributed by atoms with E-state index in [1.807, 2.05) is 16.8 Å². The fourth-order valence-corrected chi connectivity index (χ4v) is 3.11. The van der Waals surface area contributed by atoms with Crippen LogP contribution in [0.1, 0.15) is 35.8 Å². The summed E-state index contributed by atoms with van der Waals surface area (Å²) in [5.41, 5.74) is 1.78. The van der Waals surface area contributed by atoms with Crippen molar-refractivity contribution in [1.29, 1.82) is 0 Å². The van der Waals surface area contributed by atoms with Crippen LogP contribution in [-0.4, -0.2) is 44.5 Å². The summed E-state index contributed by atoms with van der Waals surface area (Å²) in [5, 5.41) is 9.19. The first kappa shape index (κ1) is 13.1. The van der Waals surface area contributed by atoms with Crippen molar-refractivity contribution >= 4 is 11.6 Å². The van der Waals surface area contributed by atoms with Crippen molar-refractivity contribution in [3.63, 3.8) is 0 Å². The second-order valence-corrected chi connectivity index (χ2v) is 5.32. The minimum absolute atomic E-state index is 0.262. The fourth-order valence-electron chi connectivity index (χ4n) is 3.11. The van der Waals surface area contributed by atoms with Crippen LogP contribution < -0.4 is 0 Å². The molecule has 1 atom stereocenters. The number of hydrogen-bond acceptors (Lipinski definition) is 3. The third-order valence-electron chi connectivity index (χ3n) is 4.11. The molecule has 5 nitrogen and oxygen atoms in total. The third-order valence-corrected chi connectivity index (χ3v) is 4.11. The predicted octanol–water partition coefficient (Wildman–Crippen LogP) is 2.06. The molecule has 1 fully saturated rings. The van der Waals surface area contributed by atoms with E-state index in [0.29, 0.717) is 11.7 Å². The monoisotopic (exact) mass is 273 g/mol. The van der Waals surface area contributed by atoms with Crippen LogP contribution in [0.4, 0.5) is 0 Å². The quantitative estimate of drug-likeness (QED) is 0.926. The number of hydrogen-bond donors (Lipinski definition) is 1. The predicted molar refractivity (Wildman–Crippen MR) is 76.1 cm³/mol. The molecular weight excluding hydrogens is 254 g/mol. The minimum atomic E-state index is -0.927. The van der Waals surface area contributed by atoms with E-state index in [4.69, 9.17) is 0 Å². The first-order valence-corrected chi connectivity index (χ1v) is 7.13. The molecule has 1 aliphatic rings. The zero-order valence-corrected chi connectivity index (χ0v) is 11.6. The van der Waals surface area contributed by atoms with Gasteiger partial charge in [-0.25, -0.2) is 9.78 Å². The first-order chi connectivity index (χ1) is 9.69. The number of likely N-dealkylation sites (tertiary alicyclic amines) is 1. The zero-order chi connectivity index (χ0) is 14.1. The molecule has 0 saturated carbocycles. The zero-order valence-electron chi connectivity index (χ0n) is 11.6. The molecule has 0 spiro atoms. The Balaban J connectivity index is 1.89. The first-order valence-electron chi connectivity index (χ1n) is 7.13. The van der Waals surface area contributed by atoms with Crippen molar-refractivity contribution < 1.29 is 9.90 Å². The summed E-state index contributed by atoms with van der Waals surface area (Å²) in [6.07, 6.45) is 7.15. The highest BCUT2D eigenvalue weighted by Crippen LogP contribution is 2.21. The Kier molecular flexibility index (Phi) is 3.44. The lowest BCUT2D eigenvalue weighted by atomic mass is 10.1. The summed E-state index contributed by atoms with van der Waals surface area (Å²) < 4.78 is 1.81. The summed E-state index contributed by atoms with van der Waals surface area (Å²) in [6, 6.07) is 3.89. The average Bonchev–Trinajstić information content (AvgIpc) is 3.03. The van der Waals surface area contributed by atoms with Gasteiger partial charge in [0, 0.05) is 24.9 Å². The Morgan fingerprint density at radius 1 is 1.55 bits per heavy atom. The summed E-state index contributed by atoms with van der Waals surface area (Å²) >= 11 is 0. The van der Waals surface area contributed by atoms with Crippen LogP contribution in [0.25, 0.3) is 5.65 Å². The molecule has 0 bridgehead atoms. The number of likely N-dealkylation sites (N-methyl/N-ethyl adjacent to an activating group) is 1. The van der Waals surface area contributed by atoms with Crippen LogP contribution in [-0.2, 0) is 6.42 Å². The van der Waals surface area contributed by atoms with Crippen LogP contribution in [0.15, 0.2) is 24.5 Å². The van der Waals surface area contributed by atoms with Crippen molar-refractivity contribution in [3.8, 4) is 0 Å². The van der Waals surface area contributed by atoms with Crippen molar-refractivity contribution in [2.75, 3.05) is 13.1 Å². The van der Waals surface area contributed by atoms with E-state index in [2.05, 4.69) is 16.8 Å². The second kappa shape index (κ2) is 5.25. The molecule has 3 rings (SSSR count). The number of aromatic carboxylic acids is 1. The van der Waals surface area contributed by atoms with Crippen LogP contribution in [0.3, 0.4) is 0 Å². The number of carboxylic acids is 1. The van der Waals surface area contributed by atoms with Gasteiger partial charge in [-0.2, -0.15) is 0 Å². The summed E-state index contributed by atoms with van der Waals surface area (Å²) in [7, 11) is 0. The van der Waals surface area contributed by atoms with E-state index in [0.717, 1.165) is 25.2 Å². The van der Waals surface area contributed by atoms with E-state index in [1.54, 1.807) is 12.1 Å². The molecule has 20 heavy (non-hydrogen) atoms. The van der Waals surface area contributed by atoms with Gasteiger partial charge in [0.2, 0.25) is 0 Å². The van der Waals surface area contributed by atoms with Crippen molar-refractivity contribution in [2.24, 2.45) is 0 Å². The number of carboxylic acid groups (broad SMARTS) is 1. The van der Waals surface area contributed by atoms with Gasteiger partial charge in [-0.15, -0.1) is 0 Å². The molecule has 1 saturated heterocycles. The number of carbonyl (C=O) groups is 1. The lowest BCUT2D eigenvalue weighted by Crippen LogP contribution is -2.30. The standard InChI is InChI=1S/C15H19N3O2/c1-2-17-7-3-5-12(17)9-11-10-18-8-4-6-13(15(19)20)14(18)16-11/h4,6,8,10,12H,2-3,5,7,9H2,1H3,(H,19,20). The number of nitrogens with zero attached hydrogens (tertiary/aromatic N) is 3. The molecule has 2 aromatic rings. The maximum atomic E-state index is 11.2. The van der Waals surface area contributed by atoms with E-state index in [-0.39, 0.29) is 5.56 Å². The van der Waals surface area contributed by atoms with E-state index in [1.165, 1.54) is 12.8 Å². The Morgan fingerprint density at radius 3 is 3.15 bits per heavy atom. The van der Waals surface area contributed by atoms with Gasteiger partial charge in [0.15, 0.2) is 5.65 Å². The summed E-state index contributed by atoms with van der Waals surface area (Å²) in [5.74, 6) is -0.927. The van der Waals surface area contributed by atoms with Crippen molar-refractivity contribution in [1.82, 2.24) is 14.3 Å². The number of rotatable bonds is 4. The van der Waals surface area contributed by atoms with Gasteiger partial charge >= 0.3 is 5.97 Å². The summed E-state index contributed by atoms with van der Waals surface area (Å²) in [6.45, 7) is 4.41. The Hall–Kier alpha value is -1.88. The van der Waals surface area contributed by atoms with E-state index >= 15 is 0 Å². The molecule has 1 unspecified atom stereocenters. The largest absolute Gasteiger partial charge is 0.478 e. The molecule has 3 heterocycles. The fraction of sp³-hybridized carbons (Fsp3) is 0.467. The number of aromatic nitrogens is 2. The second-order valence-electron chi connectivity index (χ2n) is 5.32. The lowest BCUT2D eigenvalue weighted by Gasteiger charge is -2.21. The number of imidazole rings is 1. The normalized spacial score (nSPS) is 19.8. The lowest BCUT2D eigenvalue weighted by molar-refractivity contribution is 0.0698. The Labute approximate surface area is 117 Å². The van der Waals surface area contributed by atoms with E-state index < -0.39 is 5.97 Å². The number of pyridine rings is 1. The van der Waals surface area contributed by atoms with Crippen LogP contribution in [0, 0.1) is 0 Å². The molecule has 1 aliphatic heterocycles. The molecule has 0 amide bonds. The van der Waals surface area contributed by atoms with Gasteiger partial charge in [-0.1, -0.05) is 6.92 Å². The van der Waals surface area contributed by atoms with Gasteiger partial charge < -0.3 is 14.4 Å². The molecule has 0 aromatic carbocycles.